The van der Waals surface area contributed by atoms with Gasteiger partial charge in [0.15, 0.2) is 0 Å². The maximum atomic E-state index is 13.1. The number of fused-ring (bicyclic) bond motifs is 1. The number of hydrogen-bond donors (Lipinski definition) is 1. The van der Waals surface area contributed by atoms with Crippen molar-refractivity contribution >= 4 is 16.7 Å². The van der Waals surface area contributed by atoms with Crippen molar-refractivity contribution in [1.82, 2.24) is 14.8 Å². The molecule has 1 aliphatic heterocycles. The lowest BCUT2D eigenvalue weighted by atomic mass is 10.0. The van der Waals surface area contributed by atoms with Crippen LogP contribution in [0.5, 0.6) is 5.75 Å². The number of benzene rings is 2. The number of rotatable bonds is 6. The fourth-order valence-electron chi connectivity index (χ4n) is 4.24. The first-order chi connectivity index (χ1) is 14.6. The first-order valence-corrected chi connectivity index (χ1v) is 10.3. The minimum Gasteiger partial charge on any atom is -0.497 e. The molecule has 1 saturated heterocycles. The highest BCUT2D eigenvalue weighted by Gasteiger charge is 2.25. The van der Waals surface area contributed by atoms with Crippen LogP contribution in [0.15, 0.2) is 59.5 Å². The summed E-state index contributed by atoms with van der Waals surface area (Å²) in [4.78, 5) is 27.9. The zero-order valence-electron chi connectivity index (χ0n) is 17.4. The Morgan fingerprint density at radius 1 is 1.10 bits per heavy atom. The minimum absolute atomic E-state index is 0.0744. The molecule has 1 fully saturated rings. The Morgan fingerprint density at radius 2 is 1.83 bits per heavy atom. The molecule has 2 aromatic carbocycles. The van der Waals surface area contributed by atoms with Crippen LogP contribution in [0, 0.1) is 0 Å². The van der Waals surface area contributed by atoms with Gasteiger partial charge in [0, 0.05) is 30.6 Å². The van der Waals surface area contributed by atoms with E-state index < -0.39 is 0 Å². The summed E-state index contributed by atoms with van der Waals surface area (Å²) >= 11 is 0. The van der Waals surface area contributed by atoms with E-state index in [1.165, 1.54) is 17.4 Å². The third kappa shape index (κ3) is 3.96. The van der Waals surface area contributed by atoms with E-state index in [-0.39, 0.29) is 17.5 Å². The number of nitrogens with one attached hydrogen (secondary N) is 1. The second-order valence-electron chi connectivity index (χ2n) is 7.75. The van der Waals surface area contributed by atoms with Gasteiger partial charge in [-0.05, 0) is 49.7 Å². The number of hydrogen-bond acceptors (Lipinski definition) is 4. The Bertz CT molecular complexity index is 1120. The van der Waals surface area contributed by atoms with E-state index in [9.17, 15) is 9.59 Å². The standard InChI is InChI=1S/C24H27N3O3/c1-26-16-21(19-10-3-4-11-20(19)24(26)29)23(28)25-15-22(27-12-5-6-13-27)17-8-7-9-18(14-17)30-2/h3-4,7-11,14,16,22H,5-6,12-13,15H2,1-2H3,(H,25,28). The molecule has 6 nitrogen and oxygen atoms in total. The van der Waals surface area contributed by atoms with Crippen molar-refractivity contribution in [3.63, 3.8) is 0 Å². The summed E-state index contributed by atoms with van der Waals surface area (Å²) in [5.74, 6) is 0.640. The minimum atomic E-state index is -0.172. The van der Waals surface area contributed by atoms with E-state index in [0.717, 1.165) is 24.4 Å². The highest BCUT2D eigenvalue weighted by Crippen LogP contribution is 2.27. The number of pyridine rings is 1. The summed E-state index contributed by atoms with van der Waals surface area (Å²) in [7, 11) is 3.34. The summed E-state index contributed by atoms with van der Waals surface area (Å²) in [6.07, 6.45) is 3.95. The average molecular weight is 405 g/mol. The number of nitrogens with zero attached hydrogens (tertiary/aromatic N) is 2. The molecule has 6 heteroatoms. The number of methoxy groups -OCH3 is 1. The molecule has 4 rings (SSSR count). The van der Waals surface area contributed by atoms with E-state index in [1.807, 2.05) is 36.4 Å². The van der Waals surface area contributed by atoms with E-state index >= 15 is 0 Å². The topological polar surface area (TPSA) is 63.6 Å². The van der Waals surface area contributed by atoms with Crippen LogP contribution in [0.4, 0.5) is 0 Å². The molecule has 156 valence electrons. The molecule has 1 amide bonds. The second-order valence-corrected chi connectivity index (χ2v) is 7.75. The fourth-order valence-corrected chi connectivity index (χ4v) is 4.24. The quantitative estimate of drug-likeness (QED) is 0.685. The van der Waals surface area contributed by atoms with Crippen LogP contribution >= 0.6 is 0 Å². The van der Waals surface area contributed by atoms with Gasteiger partial charge in [0.25, 0.3) is 11.5 Å². The summed E-state index contributed by atoms with van der Waals surface area (Å²) in [5, 5.41) is 4.34. The number of amides is 1. The molecule has 0 bridgehead atoms. The lowest BCUT2D eigenvalue weighted by molar-refractivity contribution is 0.0939. The lowest BCUT2D eigenvalue weighted by Crippen LogP contribution is -2.37. The van der Waals surface area contributed by atoms with Gasteiger partial charge in [0.2, 0.25) is 0 Å². The molecule has 2 heterocycles. The zero-order chi connectivity index (χ0) is 21.1. The molecule has 0 aliphatic carbocycles. The van der Waals surface area contributed by atoms with Crippen LogP contribution in [0.25, 0.3) is 10.8 Å². The first kappa shape index (κ1) is 20.2. The Balaban J connectivity index is 1.61. The van der Waals surface area contributed by atoms with E-state index in [4.69, 9.17) is 4.74 Å². The lowest BCUT2D eigenvalue weighted by Gasteiger charge is -2.28. The third-order valence-corrected chi connectivity index (χ3v) is 5.85. The van der Waals surface area contributed by atoms with Gasteiger partial charge in [0.05, 0.1) is 18.7 Å². The van der Waals surface area contributed by atoms with Crippen LogP contribution in [-0.4, -0.2) is 42.1 Å². The van der Waals surface area contributed by atoms with Crippen molar-refractivity contribution in [2.75, 3.05) is 26.7 Å². The molecule has 0 saturated carbocycles. The van der Waals surface area contributed by atoms with E-state index in [2.05, 4.69) is 16.3 Å². The highest BCUT2D eigenvalue weighted by atomic mass is 16.5. The summed E-state index contributed by atoms with van der Waals surface area (Å²) in [6.45, 7) is 2.52. The molecule has 1 unspecified atom stereocenters. The molecule has 1 aromatic heterocycles. The summed E-state index contributed by atoms with van der Waals surface area (Å²) < 4.78 is 6.87. The van der Waals surface area contributed by atoms with Gasteiger partial charge in [-0.15, -0.1) is 0 Å². The van der Waals surface area contributed by atoms with E-state index in [1.54, 1.807) is 26.4 Å². The van der Waals surface area contributed by atoms with Crippen molar-refractivity contribution in [3.05, 3.63) is 76.2 Å². The number of ether oxygens (including phenoxy) is 1. The van der Waals surface area contributed by atoms with Crippen molar-refractivity contribution in [3.8, 4) is 5.75 Å². The van der Waals surface area contributed by atoms with Crippen LogP contribution in [0.3, 0.4) is 0 Å². The monoisotopic (exact) mass is 405 g/mol. The zero-order valence-corrected chi connectivity index (χ0v) is 17.4. The summed E-state index contributed by atoms with van der Waals surface area (Å²) in [5.41, 5.74) is 1.54. The van der Waals surface area contributed by atoms with Crippen molar-refractivity contribution in [2.45, 2.75) is 18.9 Å². The highest BCUT2D eigenvalue weighted by molar-refractivity contribution is 6.06. The normalized spacial score (nSPS) is 15.3. The fraction of sp³-hybridized carbons (Fsp3) is 0.333. The molecular formula is C24H27N3O3. The number of likely N-dealkylation sites (tertiary alicyclic amines) is 1. The molecule has 0 radical (unpaired) electrons. The van der Waals surface area contributed by atoms with E-state index in [0.29, 0.717) is 22.9 Å². The molecule has 0 spiro atoms. The van der Waals surface area contributed by atoms with Gasteiger partial charge in [-0.2, -0.15) is 0 Å². The summed E-state index contributed by atoms with van der Waals surface area (Å²) in [6, 6.07) is 15.4. The van der Waals surface area contributed by atoms with Gasteiger partial charge in [-0.3, -0.25) is 14.5 Å². The average Bonchev–Trinajstić information content (AvgIpc) is 3.31. The Labute approximate surface area is 176 Å². The molecule has 3 aromatic rings. The maximum Gasteiger partial charge on any atom is 0.258 e. The Hall–Kier alpha value is -3.12. The largest absolute Gasteiger partial charge is 0.497 e. The SMILES string of the molecule is COc1cccc(C(CNC(=O)c2cn(C)c(=O)c3ccccc23)N2CCCC2)c1. The van der Waals surface area contributed by atoms with Gasteiger partial charge >= 0.3 is 0 Å². The number of carbonyl (C=O) groups is 1. The number of carbonyl (C=O) groups excluding carboxylic acids is 1. The van der Waals surface area contributed by atoms with Crippen LogP contribution in [0.1, 0.15) is 34.8 Å². The van der Waals surface area contributed by atoms with Gasteiger partial charge < -0.3 is 14.6 Å². The van der Waals surface area contributed by atoms with Crippen LogP contribution in [0.2, 0.25) is 0 Å². The van der Waals surface area contributed by atoms with Crippen molar-refractivity contribution in [2.24, 2.45) is 7.05 Å². The van der Waals surface area contributed by atoms with Crippen molar-refractivity contribution < 1.29 is 9.53 Å². The van der Waals surface area contributed by atoms with Gasteiger partial charge in [0.1, 0.15) is 5.75 Å². The molecule has 30 heavy (non-hydrogen) atoms. The second kappa shape index (κ2) is 8.71. The predicted octanol–water partition coefficient (Wildman–Crippen LogP) is 3.11. The molecule has 1 aliphatic rings. The van der Waals surface area contributed by atoms with Crippen LogP contribution < -0.4 is 15.6 Å². The predicted molar refractivity (Wildman–Crippen MR) is 118 cm³/mol. The molecule has 1 N–H and O–H groups in total. The Morgan fingerprint density at radius 3 is 2.57 bits per heavy atom. The molecular weight excluding hydrogens is 378 g/mol. The molecule has 1 atom stereocenters. The van der Waals surface area contributed by atoms with Gasteiger partial charge in [-0.25, -0.2) is 0 Å². The number of aryl methyl sites for hydroxylation is 1. The van der Waals surface area contributed by atoms with Crippen LogP contribution in [-0.2, 0) is 7.05 Å². The maximum absolute atomic E-state index is 13.1. The van der Waals surface area contributed by atoms with Gasteiger partial charge in [-0.1, -0.05) is 30.3 Å². The smallest absolute Gasteiger partial charge is 0.258 e. The number of aromatic nitrogens is 1. The Kier molecular flexibility index (Phi) is 5.86. The third-order valence-electron chi connectivity index (χ3n) is 5.85. The van der Waals surface area contributed by atoms with Crippen molar-refractivity contribution in [1.29, 1.82) is 0 Å². The first-order valence-electron chi connectivity index (χ1n) is 10.3.